The number of nitrogens with one attached hydrogen (secondary N) is 1. The van der Waals surface area contributed by atoms with Crippen LogP contribution in [0, 0.1) is 5.92 Å². The zero-order valence-electron chi connectivity index (χ0n) is 9.53. The Labute approximate surface area is 101 Å². The van der Waals surface area contributed by atoms with Crippen LogP contribution in [0.5, 0.6) is 5.75 Å². The minimum Gasteiger partial charge on any atom is -0.497 e. The van der Waals surface area contributed by atoms with Crippen LogP contribution in [0.1, 0.15) is 6.42 Å². The van der Waals surface area contributed by atoms with Crippen molar-refractivity contribution < 1.29 is 4.74 Å². The summed E-state index contributed by atoms with van der Waals surface area (Å²) in [7, 11) is 1.68. The van der Waals surface area contributed by atoms with Crippen molar-refractivity contribution in [1.82, 2.24) is 5.32 Å². The van der Waals surface area contributed by atoms with E-state index < -0.39 is 0 Å². The molecule has 1 fully saturated rings. The minimum atomic E-state index is 0.774. The summed E-state index contributed by atoms with van der Waals surface area (Å²) in [5, 5.41) is 3.38. The van der Waals surface area contributed by atoms with Crippen LogP contribution in [0.3, 0.4) is 0 Å². The Balaban J connectivity index is 1.96. The first kappa shape index (κ1) is 11.6. The molecule has 1 aliphatic heterocycles. The van der Waals surface area contributed by atoms with Crippen LogP contribution in [-0.2, 0) is 0 Å². The number of rotatable bonds is 4. The third-order valence-corrected chi connectivity index (χ3v) is 4.16. The Morgan fingerprint density at radius 2 is 2.44 bits per heavy atom. The lowest BCUT2D eigenvalue weighted by Crippen LogP contribution is -2.10. The van der Waals surface area contributed by atoms with Gasteiger partial charge in [0.15, 0.2) is 0 Å². The van der Waals surface area contributed by atoms with Crippen LogP contribution in [0.15, 0.2) is 23.1 Å². The Hall–Kier alpha value is -0.870. The third-order valence-electron chi connectivity index (χ3n) is 2.86. The molecule has 0 aromatic heterocycles. The second-order valence-electron chi connectivity index (χ2n) is 4.07. The largest absolute Gasteiger partial charge is 0.497 e. The molecule has 3 N–H and O–H groups in total. The molecule has 0 radical (unpaired) electrons. The van der Waals surface area contributed by atoms with Gasteiger partial charge in [0.1, 0.15) is 5.75 Å². The molecule has 1 unspecified atom stereocenters. The minimum absolute atomic E-state index is 0.774. The highest BCUT2D eigenvalue weighted by molar-refractivity contribution is 7.99. The predicted octanol–water partition coefficient (Wildman–Crippen LogP) is 1.98. The molecule has 0 amide bonds. The molecule has 1 atom stereocenters. The normalized spacial score (nSPS) is 19.9. The van der Waals surface area contributed by atoms with E-state index in [1.165, 1.54) is 6.42 Å². The maximum absolute atomic E-state index is 5.94. The van der Waals surface area contributed by atoms with E-state index in [4.69, 9.17) is 10.5 Å². The molecule has 0 aliphatic carbocycles. The number of hydrogen-bond donors (Lipinski definition) is 2. The van der Waals surface area contributed by atoms with E-state index in [0.29, 0.717) is 0 Å². The van der Waals surface area contributed by atoms with E-state index >= 15 is 0 Å². The van der Waals surface area contributed by atoms with Crippen LogP contribution in [0.25, 0.3) is 0 Å². The van der Waals surface area contributed by atoms with Gasteiger partial charge in [0.2, 0.25) is 0 Å². The van der Waals surface area contributed by atoms with Crippen molar-refractivity contribution in [2.45, 2.75) is 11.3 Å². The fourth-order valence-corrected chi connectivity index (χ4v) is 2.96. The summed E-state index contributed by atoms with van der Waals surface area (Å²) >= 11 is 1.83. The smallest absolute Gasteiger partial charge is 0.120 e. The molecule has 1 heterocycles. The molecule has 1 aliphatic rings. The van der Waals surface area contributed by atoms with Crippen LogP contribution < -0.4 is 15.8 Å². The van der Waals surface area contributed by atoms with Crippen molar-refractivity contribution in [1.29, 1.82) is 0 Å². The molecule has 16 heavy (non-hydrogen) atoms. The lowest BCUT2D eigenvalue weighted by atomic mass is 10.2. The van der Waals surface area contributed by atoms with Crippen LogP contribution >= 0.6 is 11.8 Å². The van der Waals surface area contributed by atoms with Gasteiger partial charge in [-0.25, -0.2) is 0 Å². The maximum Gasteiger partial charge on any atom is 0.120 e. The highest BCUT2D eigenvalue weighted by atomic mass is 32.2. The summed E-state index contributed by atoms with van der Waals surface area (Å²) in [4.78, 5) is 1.13. The fourth-order valence-electron chi connectivity index (χ4n) is 1.83. The summed E-state index contributed by atoms with van der Waals surface area (Å²) in [5.41, 5.74) is 6.78. The van der Waals surface area contributed by atoms with Gasteiger partial charge in [0.05, 0.1) is 7.11 Å². The van der Waals surface area contributed by atoms with E-state index in [9.17, 15) is 0 Å². The van der Waals surface area contributed by atoms with Gasteiger partial charge < -0.3 is 15.8 Å². The van der Waals surface area contributed by atoms with E-state index in [-0.39, 0.29) is 0 Å². The van der Waals surface area contributed by atoms with Gasteiger partial charge in [-0.05, 0) is 43.6 Å². The molecule has 2 rings (SSSR count). The highest BCUT2D eigenvalue weighted by Crippen LogP contribution is 2.31. The van der Waals surface area contributed by atoms with Crippen LogP contribution in [0.2, 0.25) is 0 Å². The number of nitrogen functional groups attached to an aromatic ring is 1. The molecular formula is C12H18N2OS. The van der Waals surface area contributed by atoms with E-state index in [1.807, 2.05) is 30.0 Å². The van der Waals surface area contributed by atoms with Gasteiger partial charge >= 0.3 is 0 Å². The topological polar surface area (TPSA) is 47.3 Å². The number of methoxy groups -OCH3 is 1. The van der Waals surface area contributed by atoms with Crippen molar-refractivity contribution in [3.63, 3.8) is 0 Å². The highest BCUT2D eigenvalue weighted by Gasteiger charge is 2.15. The van der Waals surface area contributed by atoms with E-state index in [0.717, 1.165) is 41.1 Å². The zero-order chi connectivity index (χ0) is 11.4. The number of nitrogens with two attached hydrogens (primary N) is 1. The Kier molecular flexibility index (Phi) is 3.96. The Morgan fingerprint density at radius 1 is 1.56 bits per heavy atom. The van der Waals surface area contributed by atoms with Gasteiger partial charge in [-0.2, -0.15) is 0 Å². The van der Waals surface area contributed by atoms with Crippen LogP contribution in [-0.4, -0.2) is 26.0 Å². The molecule has 1 saturated heterocycles. The third kappa shape index (κ3) is 2.83. The molecular weight excluding hydrogens is 220 g/mol. The van der Waals surface area contributed by atoms with Gasteiger partial charge in [-0.3, -0.25) is 0 Å². The number of anilines is 1. The van der Waals surface area contributed by atoms with Crippen molar-refractivity contribution in [2.75, 3.05) is 31.7 Å². The van der Waals surface area contributed by atoms with Gasteiger partial charge in [0, 0.05) is 16.3 Å². The van der Waals surface area contributed by atoms with Gasteiger partial charge in [-0.1, -0.05) is 0 Å². The Morgan fingerprint density at radius 3 is 3.12 bits per heavy atom. The second-order valence-corrected chi connectivity index (χ2v) is 5.14. The summed E-state index contributed by atoms with van der Waals surface area (Å²) in [6.45, 7) is 2.29. The molecule has 88 valence electrons. The SMILES string of the molecule is COc1ccc(N)c(SCC2CCNC2)c1. The zero-order valence-corrected chi connectivity index (χ0v) is 10.3. The van der Waals surface area contributed by atoms with Crippen molar-refractivity contribution in [2.24, 2.45) is 5.92 Å². The van der Waals surface area contributed by atoms with E-state index in [1.54, 1.807) is 7.11 Å². The van der Waals surface area contributed by atoms with Crippen molar-refractivity contribution in [3.05, 3.63) is 18.2 Å². The van der Waals surface area contributed by atoms with Crippen molar-refractivity contribution >= 4 is 17.4 Å². The average Bonchev–Trinajstić information content (AvgIpc) is 2.81. The van der Waals surface area contributed by atoms with E-state index in [2.05, 4.69) is 5.32 Å². The maximum atomic E-state index is 5.94. The first-order valence-electron chi connectivity index (χ1n) is 5.56. The monoisotopic (exact) mass is 238 g/mol. The summed E-state index contributed by atoms with van der Waals surface area (Å²) in [6, 6.07) is 5.83. The summed E-state index contributed by atoms with van der Waals surface area (Å²) < 4.78 is 5.20. The lowest BCUT2D eigenvalue weighted by molar-refractivity contribution is 0.414. The molecule has 0 spiro atoms. The standard InChI is InChI=1S/C12H18N2OS/c1-15-10-2-3-11(13)12(6-10)16-8-9-4-5-14-7-9/h2-3,6,9,14H,4-5,7-8,13H2,1H3. The summed E-state index contributed by atoms with van der Waals surface area (Å²) in [6.07, 6.45) is 1.27. The summed E-state index contributed by atoms with van der Waals surface area (Å²) in [5.74, 6) is 2.78. The second kappa shape index (κ2) is 5.46. The molecule has 3 nitrogen and oxygen atoms in total. The fraction of sp³-hybridized carbons (Fsp3) is 0.500. The Bertz CT molecular complexity index is 351. The number of ether oxygens (including phenoxy) is 1. The molecule has 1 aromatic carbocycles. The molecule has 4 heteroatoms. The molecule has 1 aromatic rings. The number of hydrogen-bond acceptors (Lipinski definition) is 4. The first-order valence-corrected chi connectivity index (χ1v) is 6.55. The number of benzene rings is 1. The number of thioether (sulfide) groups is 1. The quantitative estimate of drug-likeness (QED) is 0.622. The van der Waals surface area contributed by atoms with Crippen LogP contribution in [0.4, 0.5) is 5.69 Å². The molecule has 0 bridgehead atoms. The lowest BCUT2D eigenvalue weighted by Gasteiger charge is -2.10. The molecule has 0 saturated carbocycles. The first-order chi connectivity index (χ1) is 7.79. The van der Waals surface area contributed by atoms with Crippen molar-refractivity contribution in [3.8, 4) is 5.75 Å². The van der Waals surface area contributed by atoms with Gasteiger partial charge in [-0.15, -0.1) is 11.8 Å². The average molecular weight is 238 g/mol. The van der Waals surface area contributed by atoms with Gasteiger partial charge in [0.25, 0.3) is 0 Å². The predicted molar refractivity (Wildman–Crippen MR) is 69.1 cm³/mol.